The molecule has 0 aromatic carbocycles. The molecule has 21 heavy (non-hydrogen) atoms. The molecule has 0 N–H and O–H groups in total. The van der Waals surface area contributed by atoms with Crippen molar-refractivity contribution in [3.05, 3.63) is 33.8 Å². The molecule has 0 radical (unpaired) electrons. The normalized spacial score (nSPS) is 17.8. The molecule has 1 atom stereocenters. The van der Waals surface area contributed by atoms with Crippen LogP contribution in [0.4, 0.5) is 0 Å². The molecular weight excluding hydrogens is 288 g/mol. The Bertz CT molecular complexity index is 623. The highest BCUT2D eigenvalue weighted by Gasteiger charge is 2.32. The minimum atomic E-state index is 0.130. The quantitative estimate of drug-likeness (QED) is 0.851. The van der Waals surface area contributed by atoms with Crippen LogP contribution in [0.5, 0.6) is 0 Å². The van der Waals surface area contributed by atoms with Gasteiger partial charge in [0.1, 0.15) is 5.69 Å². The van der Waals surface area contributed by atoms with E-state index in [0.717, 1.165) is 17.0 Å². The highest BCUT2D eigenvalue weighted by Crippen LogP contribution is 2.27. The van der Waals surface area contributed by atoms with Gasteiger partial charge in [0.15, 0.2) is 0 Å². The minimum absolute atomic E-state index is 0.130. The van der Waals surface area contributed by atoms with Crippen molar-refractivity contribution in [3.63, 3.8) is 0 Å². The van der Waals surface area contributed by atoms with E-state index in [1.807, 2.05) is 28.8 Å². The average molecular weight is 306 g/mol. The van der Waals surface area contributed by atoms with Crippen LogP contribution in [0.25, 0.3) is 0 Å². The summed E-state index contributed by atoms with van der Waals surface area (Å²) in [6, 6.07) is 1.99. The molecule has 0 aliphatic carbocycles. The summed E-state index contributed by atoms with van der Waals surface area (Å²) < 4.78 is 7.08. The highest BCUT2D eigenvalue weighted by atomic mass is 32.1. The molecule has 1 unspecified atom stereocenters. The fourth-order valence-electron chi connectivity index (χ4n) is 2.82. The van der Waals surface area contributed by atoms with Crippen LogP contribution in [-0.4, -0.2) is 46.1 Å². The van der Waals surface area contributed by atoms with Gasteiger partial charge in [-0.25, -0.2) is 0 Å². The van der Waals surface area contributed by atoms with Crippen molar-refractivity contribution in [1.82, 2.24) is 19.9 Å². The van der Waals surface area contributed by atoms with Gasteiger partial charge in [0, 0.05) is 26.6 Å². The maximum atomic E-state index is 12.5. The van der Waals surface area contributed by atoms with Crippen LogP contribution in [0.3, 0.4) is 0 Å². The Morgan fingerprint density at radius 1 is 1.57 bits per heavy atom. The van der Waals surface area contributed by atoms with E-state index in [9.17, 15) is 4.79 Å². The van der Waals surface area contributed by atoms with Gasteiger partial charge in [0.25, 0.3) is 0 Å². The predicted octanol–water partition coefficient (Wildman–Crippen LogP) is 1.19. The number of carbonyl (C=O) groups is 1. The smallest absolute Gasteiger partial charge is 0.227 e. The summed E-state index contributed by atoms with van der Waals surface area (Å²) in [5.41, 5.74) is 3.03. The van der Waals surface area contributed by atoms with Crippen LogP contribution in [-0.2, 0) is 29.5 Å². The van der Waals surface area contributed by atoms with Crippen molar-refractivity contribution in [3.8, 4) is 0 Å². The van der Waals surface area contributed by atoms with Gasteiger partial charge in [-0.15, -0.1) is 5.10 Å². The zero-order valence-electron chi connectivity index (χ0n) is 12.2. The number of aromatic nitrogens is 3. The average Bonchev–Trinajstić information content (AvgIpc) is 3.09. The Labute approximate surface area is 127 Å². The van der Waals surface area contributed by atoms with Crippen molar-refractivity contribution in [2.75, 3.05) is 20.3 Å². The number of hydrogen-bond acceptors (Lipinski definition) is 5. The first-order valence-corrected chi connectivity index (χ1v) is 7.79. The number of amides is 1. The predicted molar refractivity (Wildman–Crippen MR) is 79.1 cm³/mol. The van der Waals surface area contributed by atoms with Gasteiger partial charge >= 0.3 is 0 Å². The highest BCUT2D eigenvalue weighted by molar-refractivity contribution is 7.07. The molecule has 1 amide bonds. The van der Waals surface area contributed by atoms with E-state index in [2.05, 4.69) is 10.3 Å². The first-order valence-electron chi connectivity index (χ1n) is 6.85. The maximum absolute atomic E-state index is 12.5. The first-order chi connectivity index (χ1) is 10.2. The number of nitrogens with zero attached hydrogens (tertiary/aromatic N) is 4. The summed E-state index contributed by atoms with van der Waals surface area (Å²) in [7, 11) is 3.56. The van der Waals surface area contributed by atoms with Crippen LogP contribution >= 0.6 is 11.3 Å². The van der Waals surface area contributed by atoms with Crippen molar-refractivity contribution in [2.24, 2.45) is 7.05 Å². The largest absolute Gasteiger partial charge is 0.384 e. The van der Waals surface area contributed by atoms with Crippen LogP contribution < -0.4 is 0 Å². The first kappa shape index (κ1) is 14.2. The summed E-state index contributed by atoms with van der Waals surface area (Å²) >= 11 is 1.61. The summed E-state index contributed by atoms with van der Waals surface area (Å²) in [6.07, 6.45) is 0.443. The number of carbonyl (C=O) groups excluding carboxylic acids is 1. The molecule has 0 fully saturated rings. The molecule has 1 aliphatic rings. The number of aryl methyl sites for hydroxylation is 1. The summed E-state index contributed by atoms with van der Waals surface area (Å²) in [4.78, 5) is 14.3. The van der Waals surface area contributed by atoms with Gasteiger partial charge in [-0.05, 0) is 22.4 Å². The third kappa shape index (κ3) is 2.84. The Balaban J connectivity index is 1.78. The molecule has 1 aliphatic heterocycles. The molecule has 2 aromatic rings. The maximum Gasteiger partial charge on any atom is 0.227 e. The molecule has 112 valence electrons. The number of rotatable bonds is 4. The number of fused-ring (bicyclic) bond motifs is 1. The van der Waals surface area contributed by atoms with Crippen LogP contribution in [0, 0.1) is 0 Å². The van der Waals surface area contributed by atoms with E-state index in [4.69, 9.17) is 4.74 Å². The SMILES string of the molecule is COCC1CN(C(=O)Cc2ccsc2)Cc2nnn(C)c21. The van der Waals surface area contributed by atoms with Crippen molar-refractivity contribution in [2.45, 2.75) is 18.9 Å². The molecule has 2 aromatic heterocycles. The summed E-state index contributed by atoms with van der Waals surface area (Å²) in [5.74, 6) is 0.260. The van der Waals surface area contributed by atoms with Gasteiger partial charge in [0.05, 0.1) is 25.3 Å². The molecule has 0 saturated carbocycles. The van der Waals surface area contributed by atoms with E-state index in [1.165, 1.54) is 0 Å². The van der Waals surface area contributed by atoms with Crippen molar-refractivity contribution >= 4 is 17.2 Å². The molecule has 7 heteroatoms. The zero-order chi connectivity index (χ0) is 14.8. The van der Waals surface area contributed by atoms with Gasteiger partial charge < -0.3 is 9.64 Å². The number of ether oxygens (including phenoxy) is 1. The lowest BCUT2D eigenvalue weighted by atomic mass is 9.98. The van der Waals surface area contributed by atoms with Gasteiger partial charge in [-0.2, -0.15) is 11.3 Å². The van der Waals surface area contributed by atoms with Gasteiger partial charge in [0.2, 0.25) is 5.91 Å². The van der Waals surface area contributed by atoms with Crippen LogP contribution in [0.1, 0.15) is 22.9 Å². The van der Waals surface area contributed by atoms with E-state index >= 15 is 0 Å². The second kappa shape index (κ2) is 5.95. The lowest BCUT2D eigenvalue weighted by Crippen LogP contribution is -2.40. The second-order valence-electron chi connectivity index (χ2n) is 5.28. The molecule has 0 saturated heterocycles. The van der Waals surface area contributed by atoms with Crippen molar-refractivity contribution < 1.29 is 9.53 Å². The second-order valence-corrected chi connectivity index (χ2v) is 6.06. The topological polar surface area (TPSA) is 60.2 Å². The Hall–Kier alpha value is -1.73. The standard InChI is InChI=1S/C14H18N4O2S/c1-17-14-11(8-20-2)6-18(7-12(14)15-16-17)13(19)5-10-3-4-21-9-10/h3-4,9,11H,5-8H2,1-2H3. The monoisotopic (exact) mass is 306 g/mol. The Morgan fingerprint density at radius 2 is 2.43 bits per heavy atom. The van der Waals surface area contributed by atoms with Gasteiger partial charge in [-0.3, -0.25) is 9.48 Å². The number of methoxy groups -OCH3 is 1. The fourth-order valence-corrected chi connectivity index (χ4v) is 3.49. The third-order valence-corrected chi connectivity index (χ3v) is 4.50. The van der Waals surface area contributed by atoms with Crippen molar-refractivity contribution in [1.29, 1.82) is 0 Å². The van der Waals surface area contributed by atoms with Crippen LogP contribution in [0.15, 0.2) is 16.8 Å². The Kier molecular flexibility index (Phi) is 4.03. The lowest BCUT2D eigenvalue weighted by molar-refractivity contribution is -0.132. The van der Waals surface area contributed by atoms with E-state index in [-0.39, 0.29) is 11.8 Å². The summed E-state index contributed by atoms with van der Waals surface area (Å²) in [5, 5.41) is 12.3. The van der Waals surface area contributed by atoms with E-state index in [1.54, 1.807) is 23.1 Å². The number of thiophene rings is 1. The van der Waals surface area contributed by atoms with Crippen LogP contribution in [0.2, 0.25) is 0 Å². The minimum Gasteiger partial charge on any atom is -0.384 e. The third-order valence-electron chi connectivity index (χ3n) is 3.77. The molecule has 6 nitrogen and oxygen atoms in total. The molecule has 3 rings (SSSR count). The fraction of sp³-hybridized carbons (Fsp3) is 0.500. The van der Waals surface area contributed by atoms with E-state index < -0.39 is 0 Å². The molecular formula is C14H18N4O2S. The number of hydrogen-bond donors (Lipinski definition) is 0. The van der Waals surface area contributed by atoms with Gasteiger partial charge in [-0.1, -0.05) is 5.21 Å². The lowest BCUT2D eigenvalue weighted by Gasteiger charge is -2.32. The molecule has 3 heterocycles. The van der Waals surface area contributed by atoms with E-state index in [0.29, 0.717) is 26.1 Å². The molecule has 0 bridgehead atoms. The summed E-state index contributed by atoms with van der Waals surface area (Å²) in [6.45, 7) is 1.76. The molecule has 0 spiro atoms. The Morgan fingerprint density at radius 3 is 3.14 bits per heavy atom. The zero-order valence-corrected chi connectivity index (χ0v) is 13.0.